The van der Waals surface area contributed by atoms with Gasteiger partial charge in [-0.05, 0) is 81.7 Å². The first-order valence-corrected chi connectivity index (χ1v) is 10.9. The Kier molecular flexibility index (Phi) is 6.50. The van der Waals surface area contributed by atoms with E-state index in [-0.39, 0.29) is 28.8 Å². The number of hydrogen-bond donors (Lipinski definition) is 2. The molecule has 3 aromatic rings. The highest BCUT2D eigenvalue weighted by Gasteiger charge is 2.25. The summed E-state index contributed by atoms with van der Waals surface area (Å²) in [6, 6.07) is 10.0. The first-order valence-electron chi connectivity index (χ1n) is 10.9. The monoisotopic (exact) mass is 439 g/mol. The number of Topliss-reactive ketones (excluding diaryl/α,β-unsaturated/α-hetero) is 1. The second kappa shape index (κ2) is 9.48. The Hall–Kier alpha value is -3.26. The fourth-order valence-electron chi connectivity index (χ4n) is 4.32. The predicted octanol–water partition coefficient (Wildman–Crippen LogP) is 2.91. The smallest absolute Gasteiger partial charge is 0.328 e. The third-order valence-corrected chi connectivity index (χ3v) is 6.16. The average Bonchev–Trinajstić information content (AvgIpc) is 2.78. The molecule has 2 N–H and O–H groups in total. The van der Waals surface area contributed by atoms with Crippen LogP contribution in [0.3, 0.4) is 0 Å². The van der Waals surface area contributed by atoms with Crippen molar-refractivity contribution in [2.45, 2.75) is 32.2 Å². The number of ketones is 1. The molecule has 8 heteroatoms. The van der Waals surface area contributed by atoms with Crippen molar-refractivity contribution >= 4 is 16.7 Å². The van der Waals surface area contributed by atoms with Gasteiger partial charge in [-0.2, -0.15) is 0 Å². The van der Waals surface area contributed by atoms with E-state index >= 15 is 0 Å². The number of halogens is 1. The molecule has 0 amide bonds. The van der Waals surface area contributed by atoms with Crippen LogP contribution >= 0.6 is 0 Å². The van der Waals surface area contributed by atoms with Gasteiger partial charge in [0.15, 0.2) is 5.78 Å². The minimum atomic E-state index is -0.479. The molecule has 1 aromatic heterocycles. The molecule has 1 fully saturated rings. The van der Waals surface area contributed by atoms with Crippen LogP contribution in [-0.2, 0) is 6.54 Å². The molecule has 0 bridgehead atoms. The number of hydrogen-bond acceptors (Lipinski definition) is 5. The lowest BCUT2D eigenvalue weighted by Crippen LogP contribution is -2.37. The number of phenolic OH excluding ortho intramolecular Hbond substituents is 1. The van der Waals surface area contributed by atoms with Crippen LogP contribution in [0.25, 0.3) is 10.9 Å². The van der Waals surface area contributed by atoms with Gasteiger partial charge in [0.25, 0.3) is 5.56 Å². The summed E-state index contributed by atoms with van der Waals surface area (Å²) < 4.78 is 14.3. The predicted molar refractivity (Wildman–Crippen MR) is 120 cm³/mol. The summed E-state index contributed by atoms with van der Waals surface area (Å²) in [5.41, 5.74) is 0.0532. The Morgan fingerprint density at radius 3 is 2.44 bits per heavy atom. The van der Waals surface area contributed by atoms with Crippen LogP contribution in [0, 0.1) is 11.7 Å². The number of unbranched alkanes of at least 4 members (excludes halogenated alkanes) is 1. The molecule has 1 aliphatic heterocycles. The van der Waals surface area contributed by atoms with E-state index in [4.69, 9.17) is 0 Å². The molecule has 1 saturated heterocycles. The molecule has 4 rings (SSSR count). The number of nitrogens with zero attached hydrogens (tertiary/aromatic N) is 2. The number of nitrogens with one attached hydrogen (secondary N) is 1. The summed E-state index contributed by atoms with van der Waals surface area (Å²) in [5, 5.41) is 9.90. The molecule has 2 heterocycles. The number of carbonyl (C=O) groups is 1. The van der Waals surface area contributed by atoms with E-state index in [9.17, 15) is 23.9 Å². The summed E-state index contributed by atoms with van der Waals surface area (Å²) in [6.07, 6.45) is 3.05. The number of aromatic amines is 1. The number of phenols is 1. The minimum Gasteiger partial charge on any atom is -0.508 e. The van der Waals surface area contributed by atoms with Crippen molar-refractivity contribution in [3.05, 3.63) is 74.7 Å². The van der Waals surface area contributed by atoms with Gasteiger partial charge < -0.3 is 15.0 Å². The molecule has 1 aliphatic rings. The lowest BCUT2D eigenvalue weighted by Gasteiger charge is -2.31. The second-order valence-corrected chi connectivity index (χ2v) is 8.31. The molecular weight excluding hydrogens is 413 g/mol. The van der Waals surface area contributed by atoms with Crippen molar-refractivity contribution in [1.82, 2.24) is 14.5 Å². The number of carbonyl (C=O) groups excluding carboxylic acids is 1. The minimum absolute atomic E-state index is 0.00608. The van der Waals surface area contributed by atoms with Gasteiger partial charge in [0.2, 0.25) is 0 Å². The molecule has 0 atom stereocenters. The van der Waals surface area contributed by atoms with Gasteiger partial charge in [-0.1, -0.05) is 0 Å². The zero-order valence-electron chi connectivity index (χ0n) is 17.7. The molecule has 0 saturated carbocycles. The molecule has 2 aromatic carbocycles. The zero-order chi connectivity index (χ0) is 22.7. The van der Waals surface area contributed by atoms with E-state index in [1.54, 1.807) is 12.1 Å². The first-order chi connectivity index (χ1) is 15.4. The standard InChI is InChI=1S/C24H26FN3O4/c25-18-5-3-16(4-6-18)22(30)17-9-13-27(14-10-17)11-1-2-12-28-23(31)20-8-7-19(29)15-21(20)26-24(28)32/h3-8,15,17,29H,1-2,9-14H2,(H,26,32). The average molecular weight is 439 g/mol. The number of aromatic hydroxyl groups is 1. The molecule has 168 valence electrons. The van der Waals surface area contributed by atoms with Crippen LogP contribution in [0.4, 0.5) is 4.39 Å². The van der Waals surface area contributed by atoms with Crippen molar-refractivity contribution in [3.63, 3.8) is 0 Å². The van der Waals surface area contributed by atoms with Crippen molar-refractivity contribution in [2.24, 2.45) is 5.92 Å². The van der Waals surface area contributed by atoms with Crippen LogP contribution in [0.5, 0.6) is 5.75 Å². The van der Waals surface area contributed by atoms with Crippen molar-refractivity contribution in [1.29, 1.82) is 0 Å². The van der Waals surface area contributed by atoms with Gasteiger partial charge in [0, 0.05) is 24.1 Å². The summed E-state index contributed by atoms with van der Waals surface area (Å²) in [7, 11) is 0. The van der Waals surface area contributed by atoms with Crippen LogP contribution in [0.15, 0.2) is 52.1 Å². The number of rotatable bonds is 7. The summed E-state index contributed by atoms with van der Waals surface area (Å²) in [6.45, 7) is 2.80. The Labute approximate surface area is 184 Å². The number of fused-ring (bicyclic) bond motifs is 1. The molecule has 0 radical (unpaired) electrons. The maximum atomic E-state index is 13.1. The summed E-state index contributed by atoms with van der Waals surface area (Å²) >= 11 is 0. The Morgan fingerprint density at radius 1 is 1.03 bits per heavy atom. The molecule has 32 heavy (non-hydrogen) atoms. The Bertz CT molecular complexity index is 1220. The Morgan fingerprint density at radius 2 is 1.72 bits per heavy atom. The normalized spacial score (nSPS) is 15.3. The van der Waals surface area contributed by atoms with Crippen molar-refractivity contribution in [2.75, 3.05) is 19.6 Å². The fourth-order valence-corrected chi connectivity index (χ4v) is 4.32. The maximum Gasteiger partial charge on any atom is 0.328 e. The maximum absolute atomic E-state index is 13.1. The third kappa shape index (κ3) is 4.80. The Balaban J connectivity index is 1.26. The third-order valence-electron chi connectivity index (χ3n) is 6.16. The van der Waals surface area contributed by atoms with Crippen LogP contribution < -0.4 is 11.2 Å². The van der Waals surface area contributed by atoms with E-state index in [0.717, 1.165) is 38.9 Å². The van der Waals surface area contributed by atoms with Crippen LogP contribution in [0.1, 0.15) is 36.0 Å². The number of benzene rings is 2. The SMILES string of the molecule is O=C(c1ccc(F)cc1)C1CCN(CCCCn2c(=O)[nH]c3cc(O)ccc3c2=O)CC1. The topological polar surface area (TPSA) is 95.4 Å². The van der Waals surface area contributed by atoms with Crippen LogP contribution in [-0.4, -0.2) is 45.0 Å². The van der Waals surface area contributed by atoms with Crippen molar-refractivity contribution < 1.29 is 14.3 Å². The zero-order valence-corrected chi connectivity index (χ0v) is 17.7. The molecule has 0 aliphatic carbocycles. The lowest BCUT2D eigenvalue weighted by atomic mass is 9.89. The highest BCUT2D eigenvalue weighted by Crippen LogP contribution is 2.22. The highest BCUT2D eigenvalue weighted by atomic mass is 19.1. The molecular formula is C24H26FN3O4. The summed E-state index contributed by atoms with van der Waals surface area (Å²) in [5.74, 6) is -0.309. The van der Waals surface area contributed by atoms with Crippen LogP contribution in [0.2, 0.25) is 0 Å². The van der Waals surface area contributed by atoms with E-state index in [1.165, 1.54) is 34.9 Å². The quantitative estimate of drug-likeness (QED) is 0.436. The number of likely N-dealkylation sites (tertiary alicyclic amines) is 1. The fraction of sp³-hybridized carbons (Fsp3) is 0.375. The van der Waals surface area contributed by atoms with Gasteiger partial charge in [0.1, 0.15) is 11.6 Å². The van der Waals surface area contributed by atoms with E-state index in [1.807, 2.05) is 0 Å². The molecule has 0 unspecified atom stereocenters. The van der Waals surface area contributed by atoms with E-state index in [0.29, 0.717) is 29.4 Å². The first kappa shape index (κ1) is 22.0. The van der Waals surface area contributed by atoms with Gasteiger partial charge in [-0.25, -0.2) is 9.18 Å². The second-order valence-electron chi connectivity index (χ2n) is 8.31. The molecule has 7 nitrogen and oxygen atoms in total. The summed E-state index contributed by atoms with van der Waals surface area (Å²) in [4.78, 5) is 42.4. The number of aromatic nitrogens is 2. The highest BCUT2D eigenvalue weighted by molar-refractivity contribution is 5.97. The largest absolute Gasteiger partial charge is 0.508 e. The lowest BCUT2D eigenvalue weighted by molar-refractivity contribution is 0.0838. The van der Waals surface area contributed by atoms with Gasteiger partial charge in [-0.15, -0.1) is 0 Å². The van der Waals surface area contributed by atoms with Gasteiger partial charge in [0.05, 0.1) is 10.9 Å². The molecule has 0 spiro atoms. The van der Waals surface area contributed by atoms with Gasteiger partial charge >= 0.3 is 5.69 Å². The van der Waals surface area contributed by atoms with Gasteiger partial charge in [-0.3, -0.25) is 14.2 Å². The van der Waals surface area contributed by atoms with Crippen molar-refractivity contribution in [3.8, 4) is 5.75 Å². The number of piperidine rings is 1. The van der Waals surface area contributed by atoms with E-state index < -0.39 is 5.69 Å². The number of H-pyrrole nitrogens is 1. The van der Waals surface area contributed by atoms with E-state index in [2.05, 4.69) is 9.88 Å².